The van der Waals surface area contributed by atoms with Crippen molar-refractivity contribution in [3.63, 3.8) is 0 Å². The molecule has 2 atom stereocenters. The number of methoxy groups -OCH3 is 2. The fourth-order valence-electron chi connectivity index (χ4n) is 7.62. The molecule has 3 aromatic heterocycles. The van der Waals surface area contributed by atoms with E-state index in [0.717, 1.165) is 78.2 Å². The molecule has 2 aliphatic heterocycles. The molecule has 0 fully saturated rings. The monoisotopic (exact) mass is 856 g/mol. The second-order valence-corrected chi connectivity index (χ2v) is 15.2. The first-order chi connectivity index (χ1) is 30.1. The van der Waals surface area contributed by atoms with Crippen molar-refractivity contribution in [2.75, 3.05) is 93.5 Å². The highest BCUT2D eigenvalue weighted by Crippen LogP contribution is 2.41. The summed E-state index contributed by atoms with van der Waals surface area (Å²) in [6.07, 6.45) is 5.01. The van der Waals surface area contributed by atoms with Gasteiger partial charge >= 0.3 is 11.9 Å². The number of carbonyl (C=O) groups is 2. The maximum atomic E-state index is 13.0. The molecule has 0 aromatic carbocycles. The Morgan fingerprint density at radius 2 is 1.16 bits per heavy atom. The summed E-state index contributed by atoms with van der Waals surface area (Å²) in [5.41, 5.74) is 12.7. The number of aromatic amines is 2. The van der Waals surface area contributed by atoms with Gasteiger partial charge in [0.2, 0.25) is 0 Å². The zero-order chi connectivity index (χ0) is 44.4. The SMILES string of the molecule is C=CC1=C(C)c2cc3[nH]c(cc4nc(cc5[nH]c(cc1n2)c(C)c5CCC(=O)OCCOCCOCCOC)C(CCC(=O)OCCOCCOCCOC)C4C)c(C)c3C=C. The number of ether oxygens (including phenoxy) is 8. The van der Waals surface area contributed by atoms with E-state index in [1.165, 1.54) is 0 Å². The van der Waals surface area contributed by atoms with Gasteiger partial charge in [0.15, 0.2) is 0 Å². The molecule has 0 radical (unpaired) electrons. The molecule has 5 rings (SSSR count). The highest BCUT2D eigenvalue weighted by Gasteiger charge is 2.30. The molecular weight excluding hydrogens is 793 g/mol. The van der Waals surface area contributed by atoms with Gasteiger partial charge in [-0.15, -0.1) is 0 Å². The summed E-state index contributed by atoms with van der Waals surface area (Å²) >= 11 is 0. The lowest BCUT2D eigenvalue weighted by molar-refractivity contribution is -0.146. The summed E-state index contributed by atoms with van der Waals surface area (Å²) in [5, 5.41) is 0. The average Bonchev–Trinajstić information content (AvgIpc) is 3.92. The number of H-pyrrole nitrogens is 2. The van der Waals surface area contributed by atoms with E-state index in [-0.39, 0.29) is 63.0 Å². The zero-order valence-electron chi connectivity index (χ0n) is 37.3. The maximum Gasteiger partial charge on any atom is 0.306 e. The highest BCUT2D eigenvalue weighted by molar-refractivity contribution is 5.97. The van der Waals surface area contributed by atoms with E-state index in [9.17, 15) is 9.59 Å². The van der Waals surface area contributed by atoms with E-state index >= 15 is 0 Å². The maximum absolute atomic E-state index is 13.0. The molecule has 8 bridgehead atoms. The van der Waals surface area contributed by atoms with E-state index in [0.29, 0.717) is 65.7 Å². The number of aromatic nitrogens is 4. The molecule has 0 saturated carbocycles. The van der Waals surface area contributed by atoms with Crippen molar-refractivity contribution in [3.8, 4) is 0 Å². The Kier molecular flexibility index (Phi) is 19.1. The highest BCUT2D eigenvalue weighted by atomic mass is 16.6. The standard InChI is InChI=1S/C48H64N4O10/c1-9-35-31(3)39-27-40-33(5)37(11-13-47(53)61-25-23-59-21-19-57-17-15-55-7)45(51-40)30-46-38(12-14-48(54)62-26-24-60-22-20-58-18-16-56-8)34(6)42(52-46)29-44-36(10-2)32(4)41(50-44)28-43(35)49-39/h9-10,27-30,33,37,49,52H,1-2,11-26H2,3-8H3. The van der Waals surface area contributed by atoms with Crippen LogP contribution in [0.1, 0.15) is 90.0 Å². The quantitative estimate of drug-likeness (QED) is 0.0597. The van der Waals surface area contributed by atoms with Crippen LogP contribution < -0.4 is 0 Å². The lowest BCUT2D eigenvalue weighted by atomic mass is 9.87. The first-order valence-electron chi connectivity index (χ1n) is 21.4. The second-order valence-electron chi connectivity index (χ2n) is 15.2. The Balaban J connectivity index is 1.45. The minimum Gasteiger partial charge on any atom is -0.463 e. The molecule has 2 unspecified atom stereocenters. The van der Waals surface area contributed by atoms with Crippen LogP contribution in [0.25, 0.3) is 39.3 Å². The van der Waals surface area contributed by atoms with Crippen LogP contribution in [0.4, 0.5) is 0 Å². The van der Waals surface area contributed by atoms with Crippen LogP contribution in [0, 0.1) is 13.8 Å². The predicted octanol–water partition coefficient (Wildman–Crippen LogP) is 7.74. The Labute approximate surface area is 365 Å². The third-order valence-corrected chi connectivity index (χ3v) is 11.2. The lowest BCUT2D eigenvalue weighted by Crippen LogP contribution is -2.14. The molecule has 5 heterocycles. The Hall–Kier alpha value is -4.96. The molecule has 0 saturated heterocycles. The van der Waals surface area contributed by atoms with E-state index < -0.39 is 0 Å². The van der Waals surface area contributed by atoms with Crippen LogP contribution in [0.3, 0.4) is 0 Å². The van der Waals surface area contributed by atoms with Gasteiger partial charge in [-0.05, 0) is 80.1 Å². The predicted molar refractivity (Wildman–Crippen MR) is 241 cm³/mol. The molecule has 2 N–H and O–H groups in total. The minimum absolute atomic E-state index is 0.0237. The molecule has 0 amide bonds. The van der Waals surface area contributed by atoms with E-state index in [1.54, 1.807) is 14.2 Å². The number of esters is 2. The molecule has 2 aliphatic rings. The smallest absolute Gasteiger partial charge is 0.306 e. The number of carbonyl (C=O) groups excluding carboxylic acids is 2. The van der Waals surface area contributed by atoms with Crippen molar-refractivity contribution in [2.24, 2.45) is 0 Å². The Morgan fingerprint density at radius 3 is 1.76 bits per heavy atom. The summed E-state index contributed by atoms with van der Waals surface area (Å²) in [4.78, 5) is 43.7. The Morgan fingerprint density at radius 1 is 0.629 bits per heavy atom. The summed E-state index contributed by atoms with van der Waals surface area (Å²) in [5.74, 6) is -0.746. The van der Waals surface area contributed by atoms with Crippen molar-refractivity contribution < 1.29 is 47.5 Å². The number of allylic oxidation sites excluding steroid dienone is 3. The number of hydrogen-bond donors (Lipinski definition) is 2. The molecule has 14 heteroatoms. The van der Waals surface area contributed by atoms with Gasteiger partial charge in [0, 0.05) is 83.5 Å². The molecule has 14 nitrogen and oxygen atoms in total. The molecule has 0 aliphatic carbocycles. The number of nitrogens with zero attached hydrogens (tertiary/aromatic N) is 2. The molecule has 336 valence electrons. The van der Waals surface area contributed by atoms with Crippen LogP contribution in [-0.4, -0.2) is 125 Å². The topological polar surface area (TPSA) is 165 Å². The summed E-state index contributed by atoms with van der Waals surface area (Å²) < 4.78 is 43.0. The van der Waals surface area contributed by atoms with E-state index in [4.69, 9.17) is 47.9 Å². The van der Waals surface area contributed by atoms with Gasteiger partial charge in [-0.1, -0.05) is 32.2 Å². The first-order valence-corrected chi connectivity index (χ1v) is 21.4. The van der Waals surface area contributed by atoms with Gasteiger partial charge in [0.1, 0.15) is 13.2 Å². The first kappa shape index (κ1) is 48.1. The van der Waals surface area contributed by atoms with Gasteiger partial charge in [-0.2, -0.15) is 0 Å². The van der Waals surface area contributed by atoms with Gasteiger partial charge in [-0.25, -0.2) is 4.98 Å². The largest absolute Gasteiger partial charge is 0.463 e. The van der Waals surface area contributed by atoms with Gasteiger partial charge in [0.25, 0.3) is 0 Å². The number of nitrogens with one attached hydrogen (secondary N) is 2. The van der Waals surface area contributed by atoms with E-state index in [1.807, 2.05) is 25.1 Å². The van der Waals surface area contributed by atoms with Crippen molar-refractivity contribution in [2.45, 2.75) is 65.2 Å². The number of aryl methyl sites for hydroxylation is 3. The van der Waals surface area contributed by atoms with Crippen LogP contribution in [0.5, 0.6) is 0 Å². The van der Waals surface area contributed by atoms with Gasteiger partial charge < -0.3 is 47.9 Å². The van der Waals surface area contributed by atoms with Crippen LogP contribution in [0.15, 0.2) is 43.5 Å². The minimum atomic E-state index is -0.323. The fourth-order valence-corrected chi connectivity index (χ4v) is 7.62. The van der Waals surface area contributed by atoms with E-state index in [2.05, 4.69) is 62.1 Å². The average molecular weight is 857 g/mol. The Bertz CT molecular complexity index is 2210. The van der Waals surface area contributed by atoms with Gasteiger partial charge in [-0.3, -0.25) is 14.6 Å². The van der Waals surface area contributed by atoms with Crippen LogP contribution in [0.2, 0.25) is 0 Å². The number of fused-ring (bicyclic) bond motifs is 8. The molecule has 0 spiro atoms. The summed E-state index contributed by atoms with van der Waals surface area (Å²) in [6, 6.07) is 8.25. The number of rotatable bonds is 26. The second kappa shape index (κ2) is 24.6. The van der Waals surface area contributed by atoms with Crippen molar-refractivity contribution in [1.82, 2.24) is 19.9 Å². The van der Waals surface area contributed by atoms with Crippen LogP contribution in [-0.2, 0) is 53.9 Å². The van der Waals surface area contributed by atoms with Crippen molar-refractivity contribution in [3.05, 3.63) is 88.5 Å². The van der Waals surface area contributed by atoms with Crippen molar-refractivity contribution in [1.29, 1.82) is 0 Å². The van der Waals surface area contributed by atoms with Gasteiger partial charge in [0.05, 0.1) is 77.5 Å². The molecule has 62 heavy (non-hydrogen) atoms. The van der Waals surface area contributed by atoms with Crippen LogP contribution >= 0.6 is 0 Å². The normalized spacial score (nSPS) is 14.9. The third-order valence-electron chi connectivity index (χ3n) is 11.2. The third kappa shape index (κ3) is 13.0. The summed E-state index contributed by atoms with van der Waals surface area (Å²) in [6.45, 7) is 21.2. The number of hydrogen-bond acceptors (Lipinski definition) is 12. The lowest BCUT2D eigenvalue weighted by Gasteiger charge is -2.15. The molecular formula is C48H64N4O10. The van der Waals surface area contributed by atoms with Crippen molar-refractivity contribution >= 4 is 51.2 Å². The summed E-state index contributed by atoms with van der Waals surface area (Å²) in [7, 11) is 3.25. The molecule has 3 aromatic rings. The fraction of sp³-hybridized carbons (Fsp3) is 0.500. The zero-order valence-corrected chi connectivity index (χ0v) is 37.3.